The number of nitrogens with zero attached hydrogens (tertiary/aromatic N) is 3. The average Bonchev–Trinajstić information content (AvgIpc) is 2.44. The van der Waals surface area contributed by atoms with Crippen molar-refractivity contribution < 1.29 is 4.58 Å². The highest BCUT2D eigenvalue weighted by Crippen LogP contribution is 2.24. The lowest BCUT2D eigenvalue weighted by Crippen LogP contribution is -2.54. The van der Waals surface area contributed by atoms with E-state index in [-0.39, 0.29) is 8.65 Å². The minimum atomic E-state index is 0.0524. The first-order valence-electron chi connectivity index (χ1n) is 7.57. The van der Waals surface area contributed by atoms with Crippen molar-refractivity contribution in [3.63, 3.8) is 0 Å². The topological polar surface area (TPSA) is 9.49 Å². The van der Waals surface area contributed by atoms with Gasteiger partial charge in [0, 0.05) is 10.7 Å². The van der Waals surface area contributed by atoms with Crippen molar-refractivity contribution in [3.05, 3.63) is 0 Å². The lowest BCUT2D eigenvalue weighted by Gasteiger charge is -2.34. The molecule has 0 aliphatic heterocycles. The Bertz CT molecular complexity index is 338. The Morgan fingerprint density at radius 2 is 1.18 bits per heavy atom. The summed E-state index contributed by atoms with van der Waals surface area (Å²) in [6, 6.07) is 0. The minimum Gasteiger partial charge on any atom is -0.270 e. The van der Waals surface area contributed by atoms with Crippen molar-refractivity contribution in [1.29, 1.82) is 0 Å². The Morgan fingerprint density at radius 1 is 0.864 bits per heavy atom. The predicted molar refractivity (Wildman–Crippen MR) is 114 cm³/mol. The van der Waals surface area contributed by atoms with Crippen LogP contribution >= 0.6 is 63.7 Å². The van der Waals surface area contributed by atoms with E-state index in [1.54, 1.807) is 0 Å². The molecule has 3 nitrogen and oxygen atoms in total. The summed E-state index contributed by atoms with van der Waals surface area (Å²) < 4.78 is 2.33. The molecule has 0 aromatic carbocycles. The van der Waals surface area contributed by atoms with E-state index in [1.165, 1.54) is 5.96 Å². The normalized spacial score (nSPS) is 16.6. The molecule has 0 fully saturated rings. The van der Waals surface area contributed by atoms with Crippen LogP contribution in [0.25, 0.3) is 0 Å². The summed E-state index contributed by atoms with van der Waals surface area (Å²) in [6.45, 7) is 12.7. The second-order valence-corrected chi connectivity index (χ2v) is 11.3. The highest BCUT2D eigenvalue weighted by molar-refractivity contribution is 9.12. The van der Waals surface area contributed by atoms with Gasteiger partial charge in [-0.15, -0.1) is 0 Å². The van der Waals surface area contributed by atoms with Crippen LogP contribution in [-0.4, -0.2) is 79.9 Å². The maximum Gasteiger partial charge on any atom is 0.350 e. The SMILES string of the molecule is CCN(CC(C)(Br)CBr)C(N(CC)CC(C)(Br)CBr)=[N+](C)C. The van der Waals surface area contributed by atoms with Crippen molar-refractivity contribution in [2.24, 2.45) is 0 Å². The van der Waals surface area contributed by atoms with Crippen LogP contribution < -0.4 is 0 Å². The van der Waals surface area contributed by atoms with Gasteiger partial charge in [-0.25, -0.2) is 0 Å². The van der Waals surface area contributed by atoms with Crippen LogP contribution in [0.2, 0.25) is 0 Å². The second-order valence-electron chi connectivity index (χ2n) is 6.32. The molecule has 0 amide bonds. The summed E-state index contributed by atoms with van der Waals surface area (Å²) in [5, 5.41) is 1.84. The molecular formula is C15H30Br4N3+. The van der Waals surface area contributed by atoms with E-state index in [0.717, 1.165) is 36.8 Å². The molecule has 0 rings (SSSR count). The van der Waals surface area contributed by atoms with E-state index in [0.29, 0.717) is 0 Å². The van der Waals surface area contributed by atoms with Gasteiger partial charge in [0.1, 0.15) is 0 Å². The van der Waals surface area contributed by atoms with Crippen LogP contribution in [0.15, 0.2) is 0 Å². The number of halogens is 4. The van der Waals surface area contributed by atoms with Gasteiger partial charge in [0.2, 0.25) is 0 Å². The molecule has 0 aromatic heterocycles. The summed E-state index contributed by atoms with van der Waals surface area (Å²) in [5.74, 6) is 1.27. The fraction of sp³-hybridized carbons (Fsp3) is 0.933. The number of rotatable bonds is 8. The Hall–Kier alpha value is 1.19. The van der Waals surface area contributed by atoms with E-state index in [2.05, 4.69) is 120 Å². The molecule has 0 radical (unpaired) electrons. The van der Waals surface area contributed by atoms with Gasteiger partial charge in [-0.1, -0.05) is 63.7 Å². The second kappa shape index (κ2) is 10.2. The van der Waals surface area contributed by atoms with Gasteiger partial charge < -0.3 is 0 Å². The van der Waals surface area contributed by atoms with Crippen LogP contribution in [0, 0.1) is 0 Å². The number of alkyl halides is 4. The van der Waals surface area contributed by atoms with Gasteiger partial charge in [0.25, 0.3) is 0 Å². The molecular weight excluding hydrogens is 542 g/mol. The smallest absolute Gasteiger partial charge is 0.270 e. The number of hydrogen-bond acceptors (Lipinski definition) is 0. The zero-order valence-corrected chi connectivity index (χ0v) is 20.9. The predicted octanol–water partition coefficient (Wildman–Crippen LogP) is 4.36. The van der Waals surface area contributed by atoms with Gasteiger partial charge in [-0.3, -0.25) is 14.4 Å². The average molecular weight is 572 g/mol. The van der Waals surface area contributed by atoms with Crippen molar-refractivity contribution in [3.8, 4) is 0 Å². The summed E-state index contributed by atoms with van der Waals surface area (Å²) >= 11 is 14.9. The molecule has 0 aromatic rings. The standard InChI is InChI=1S/C15H30Br4N3/c1-7-21(11-14(3,18)9-16)13(20(5)6)22(8-2)12-15(4,19)10-17/h7-12H2,1-6H3/q+1. The Balaban J connectivity index is 5.45. The van der Waals surface area contributed by atoms with Crippen molar-refractivity contribution in [1.82, 2.24) is 9.80 Å². The first-order chi connectivity index (χ1) is 10.0. The minimum absolute atomic E-state index is 0.0524. The lowest BCUT2D eigenvalue weighted by molar-refractivity contribution is -0.476. The highest BCUT2D eigenvalue weighted by Gasteiger charge is 2.35. The van der Waals surface area contributed by atoms with Crippen LogP contribution in [0.3, 0.4) is 0 Å². The maximum atomic E-state index is 3.83. The summed E-state index contributed by atoms with van der Waals surface area (Å²) in [5.41, 5.74) is 0. The molecule has 0 spiro atoms. The van der Waals surface area contributed by atoms with Crippen molar-refractivity contribution >= 4 is 69.7 Å². The van der Waals surface area contributed by atoms with Crippen LogP contribution in [0.5, 0.6) is 0 Å². The summed E-state index contributed by atoms with van der Waals surface area (Å²) in [4.78, 5) is 4.88. The monoisotopic (exact) mass is 568 g/mol. The third kappa shape index (κ3) is 7.84. The molecule has 0 bridgehead atoms. The largest absolute Gasteiger partial charge is 0.350 e. The zero-order chi connectivity index (χ0) is 17.6. The molecule has 132 valence electrons. The quantitative estimate of drug-likeness (QED) is 0.185. The van der Waals surface area contributed by atoms with E-state index in [1.807, 2.05) is 0 Å². The Morgan fingerprint density at radius 3 is 1.36 bits per heavy atom. The van der Waals surface area contributed by atoms with Crippen LogP contribution in [-0.2, 0) is 0 Å². The van der Waals surface area contributed by atoms with Gasteiger partial charge in [-0.2, -0.15) is 0 Å². The molecule has 0 aliphatic carbocycles. The third-order valence-electron chi connectivity index (χ3n) is 3.33. The molecule has 0 aliphatic rings. The first-order valence-corrected chi connectivity index (χ1v) is 11.4. The third-order valence-corrected chi connectivity index (χ3v) is 8.37. The fourth-order valence-corrected chi connectivity index (χ4v) is 3.25. The molecule has 0 N–H and O–H groups in total. The molecule has 0 saturated carbocycles. The summed E-state index contributed by atoms with van der Waals surface area (Å²) in [7, 11) is 4.25. The molecule has 22 heavy (non-hydrogen) atoms. The zero-order valence-electron chi connectivity index (χ0n) is 14.6. The van der Waals surface area contributed by atoms with E-state index < -0.39 is 0 Å². The van der Waals surface area contributed by atoms with Gasteiger partial charge in [-0.05, 0) is 27.7 Å². The van der Waals surface area contributed by atoms with Gasteiger partial charge in [0.15, 0.2) is 0 Å². The molecule has 2 atom stereocenters. The van der Waals surface area contributed by atoms with Gasteiger partial charge >= 0.3 is 5.96 Å². The molecule has 0 heterocycles. The Kier molecular flexibility index (Phi) is 10.8. The lowest BCUT2D eigenvalue weighted by atomic mass is 10.2. The molecule has 0 saturated heterocycles. The van der Waals surface area contributed by atoms with Crippen LogP contribution in [0.1, 0.15) is 27.7 Å². The number of guanidine groups is 1. The van der Waals surface area contributed by atoms with Crippen LogP contribution in [0.4, 0.5) is 0 Å². The Labute approximate surface area is 170 Å². The summed E-state index contributed by atoms with van der Waals surface area (Å²) in [6.07, 6.45) is 0. The van der Waals surface area contributed by atoms with Gasteiger partial charge in [0.05, 0.1) is 48.9 Å². The van der Waals surface area contributed by atoms with Crippen molar-refractivity contribution in [2.45, 2.75) is 36.3 Å². The molecule has 2 unspecified atom stereocenters. The van der Waals surface area contributed by atoms with E-state index >= 15 is 0 Å². The van der Waals surface area contributed by atoms with E-state index in [9.17, 15) is 0 Å². The maximum absolute atomic E-state index is 3.83. The fourth-order valence-electron chi connectivity index (χ4n) is 2.29. The van der Waals surface area contributed by atoms with E-state index in [4.69, 9.17) is 0 Å². The molecule has 7 heteroatoms. The first kappa shape index (κ1) is 23.2. The highest BCUT2D eigenvalue weighted by atomic mass is 79.9. The van der Waals surface area contributed by atoms with Crippen molar-refractivity contribution in [2.75, 3.05) is 50.9 Å². The number of hydrogen-bond donors (Lipinski definition) is 0.